The molecule has 1 saturated heterocycles. The number of nitrogens with one attached hydrogen (secondary N) is 1. The molecule has 110 valence electrons. The highest BCUT2D eigenvalue weighted by Crippen LogP contribution is 2.11. The molecule has 1 aliphatic rings. The van der Waals surface area contributed by atoms with Gasteiger partial charge in [0.1, 0.15) is 17.4 Å². The van der Waals surface area contributed by atoms with Gasteiger partial charge in [0.05, 0.1) is 0 Å². The van der Waals surface area contributed by atoms with Crippen molar-refractivity contribution >= 4 is 5.91 Å². The fourth-order valence-corrected chi connectivity index (χ4v) is 2.27. The van der Waals surface area contributed by atoms with Gasteiger partial charge in [0, 0.05) is 25.8 Å². The number of rotatable bonds is 5. The van der Waals surface area contributed by atoms with Crippen LogP contribution in [0.25, 0.3) is 0 Å². The Morgan fingerprint density at radius 2 is 2.00 bits per heavy atom. The molecule has 0 unspecified atom stereocenters. The minimum Gasteiger partial charge on any atom is -0.508 e. The van der Waals surface area contributed by atoms with Crippen LogP contribution in [-0.4, -0.2) is 35.5 Å². The van der Waals surface area contributed by atoms with Crippen molar-refractivity contribution in [1.82, 2.24) is 10.2 Å². The highest BCUT2D eigenvalue weighted by molar-refractivity contribution is 5.97. The maximum Gasteiger partial charge on any atom is 0.263 e. The van der Waals surface area contributed by atoms with E-state index in [0.29, 0.717) is 13.0 Å². The van der Waals surface area contributed by atoms with Crippen molar-refractivity contribution in [3.63, 3.8) is 0 Å². The minimum absolute atomic E-state index is 0.155. The molecule has 1 aliphatic heterocycles. The Labute approximate surface area is 124 Å². The number of carbonyl (C=O) groups is 1. The van der Waals surface area contributed by atoms with E-state index in [1.165, 1.54) is 0 Å². The largest absolute Gasteiger partial charge is 0.508 e. The number of phenolic OH excluding ortho intramolecular Hbond substituents is 1. The molecule has 0 bridgehead atoms. The lowest BCUT2D eigenvalue weighted by Gasteiger charge is -2.12. The number of phenols is 1. The zero-order valence-electron chi connectivity index (χ0n) is 11.9. The number of benzene rings is 1. The molecule has 0 aromatic heterocycles. The summed E-state index contributed by atoms with van der Waals surface area (Å²) in [6.07, 6.45) is 4.53. The number of aromatic hydroxyl groups is 1. The zero-order chi connectivity index (χ0) is 15.1. The van der Waals surface area contributed by atoms with Gasteiger partial charge in [-0.1, -0.05) is 12.1 Å². The third-order valence-electron chi connectivity index (χ3n) is 3.45. The Kier molecular flexibility index (Phi) is 5.22. The second-order valence-electron chi connectivity index (χ2n) is 5.07. The van der Waals surface area contributed by atoms with Gasteiger partial charge in [0.2, 0.25) is 0 Å². The zero-order valence-corrected chi connectivity index (χ0v) is 11.9. The summed E-state index contributed by atoms with van der Waals surface area (Å²) >= 11 is 0. The minimum atomic E-state index is -0.330. The number of nitrogens with zero attached hydrogens (tertiary/aromatic N) is 2. The third kappa shape index (κ3) is 4.53. The molecule has 2 rings (SSSR count). The van der Waals surface area contributed by atoms with Crippen molar-refractivity contribution in [3.8, 4) is 11.8 Å². The molecule has 0 atom stereocenters. The predicted molar refractivity (Wildman–Crippen MR) is 79.3 cm³/mol. The van der Waals surface area contributed by atoms with Crippen LogP contribution in [0, 0.1) is 11.3 Å². The molecule has 0 aliphatic carbocycles. The average molecular weight is 285 g/mol. The molecule has 0 spiro atoms. The Balaban J connectivity index is 1.82. The summed E-state index contributed by atoms with van der Waals surface area (Å²) < 4.78 is 0. The van der Waals surface area contributed by atoms with Crippen LogP contribution in [0.5, 0.6) is 5.75 Å². The van der Waals surface area contributed by atoms with Crippen molar-refractivity contribution in [2.75, 3.05) is 19.6 Å². The Morgan fingerprint density at radius 1 is 1.33 bits per heavy atom. The van der Waals surface area contributed by atoms with E-state index in [9.17, 15) is 9.90 Å². The van der Waals surface area contributed by atoms with E-state index in [1.54, 1.807) is 18.3 Å². The maximum absolute atomic E-state index is 11.9. The Morgan fingerprint density at radius 3 is 2.62 bits per heavy atom. The van der Waals surface area contributed by atoms with E-state index < -0.39 is 0 Å². The molecule has 1 amide bonds. The monoisotopic (exact) mass is 285 g/mol. The van der Waals surface area contributed by atoms with Crippen molar-refractivity contribution < 1.29 is 9.90 Å². The lowest BCUT2D eigenvalue weighted by Crippen LogP contribution is -2.28. The fourth-order valence-electron chi connectivity index (χ4n) is 2.27. The molecular weight excluding hydrogens is 266 g/mol. The molecule has 1 fully saturated rings. The van der Waals surface area contributed by atoms with Crippen molar-refractivity contribution in [3.05, 3.63) is 41.6 Å². The van der Waals surface area contributed by atoms with Crippen LogP contribution in [0.2, 0.25) is 0 Å². The van der Waals surface area contributed by atoms with E-state index >= 15 is 0 Å². The molecule has 5 heteroatoms. The third-order valence-corrected chi connectivity index (χ3v) is 3.45. The topological polar surface area (TPSA) is 76.4 Å². The number of amides is 1. The van der Waals surface area contributed by atoms with Crippen LogP contribution < -0.4 is 5.32 Å². The van der Waals surface area contributed by atoms with Gasteiger partial charge in [0.25, 0.3) is 5.91 Å². The van der Waals surface area contributed by atoms with E-state index in [0.717, 1.165) is 31.5 Å². The molecule has 21 heavy (non-hydrogen) atoms. The normalized spacial score (nSPS) is 14.8. The number of carbonyl (C=O) groups excluding carboxylic acids is 1. The molecule has 0 saturated carbocycles. The number of hydrogen-bond acceptors (Lipinski definition) is 4. The van der Waals surface area contributed by atoms with Gasteiger partial charge in [0.15, 0.2) is 0 Å². The number of likely N-dealkylation sites (tertiary alicyclic amines) is 1. The number of nitriles is 1. The quantitative estimate of drug-likeness (QED) is 0.636. The smallest absolute Gasteiger partial charge is 0.263 e. The Bertz CT molecular complexity index is 552. The lowest BCUT2D eigenvalue weighted by atomic mass is 10.1. The maximum atomic E-state index is 11.9. The predicted octanol–water partition coefficient (Wildman–Crippen LogP) is 1.55. The molecule has 2 N–H and O–H groups in total. The van der Waals surface area contributed by atoms with Crippen LogP contribution in [0.1, 0.15) is 18.4 Å². The molecule has 1 aromatic rings. The summed E-state index contributed by atoms with van der Waals surface area (Å²) in [7, 11) is 0. The summed E-state index contributed by atoms with van der Waals surface area (Å²) in [6, 6.07) is 8.82. The van der Waals surface area contributed by atoms with Crippen LogP contribution in [0.4, 0.5) is 0 Å². The number of hydrogen-bond donors (Lipinski definition) is 2. The molecule has 1 aromatic carbocycles. The summed E-state index contributed by atoms with van der Waals surface area (Å²) in [4.78, 5) is 13.9. The van der Waals surface area contributed by atoms with Crippen molar-refractivity contribution in [2.24, 2.45) is 0 Å². The molecule has 0 radical (unpaired) electrons. The van der Waals surface area contributed by atoms with Crippen LogP contribution in [0.3, 0.4) is 0 Å². The van der Waals surface area contributed by atoms with Gasteiger partial charge in [-0.25, -0.2) is 0 Å². The first-order valence-electron chi connectivity index (χ1n) is 7.11. The standard InChI is InChI=1S/C16H19N3O2/c17-11-14(12-19-9-1-2-10-19)16(21)18-8-7-13-3-5-15(20)6-4-13/h3-6,12,20H,1-2,7-10H2,(H,18,21)/b14-12-. The van der Waals surface area contributed by atoms with E-state index in [2.05, 4.69) is 5.32 Å². The van der Waals surface area contributed by atoms with Gasteiger partial charge in [-0.3, -0.25) is 4.79 Å². The van der Waals surface area contributed by atoms with Gasteiger partial charge in [-0.05, 0) is 37.0 Å². The van der Waals surface area contributed by atoms with Crippen molar-refractivity contribution in [1.29, 1.82) is 5.26 Å². The van der Waals surface area contributed by atoms with E-state index in [-0.39, 0.29) is 17.2 Å². The van der Waals surface area contributed by atoms with Crippen LogP contribution in [-0.2, 0) is 11.2 Å². The Hall–Kier alpha value is -2.48. The lowest BCUT2D eigenvalue weighted by molar-refractivity contribution is -0.117. The summed E-state index contributed by atoms with van der Waals surface area (Å²) in [5, 5.41) is 21.0. The van der Waals surface area contributed by atoms with Crippen LogP contribution in [0.15, 0.2) is 36.0 Å². The van der Waals surface area contributed by atoms with E-state index in [1.807, 2.05) is 23.1 Å². The second kappa shape index (κ2) is 7.34. The molecule has 5 nitrogen and oxygen atoms in total. The fraction of sp³-hybridized carbons (Fsp3) is 0.375. The first-order valence-corrected chi connectivity index (χ1v) is 7.11. The first kappa shape index (κ1) is 14.9. The first-order chi connectivity index (χ1) is 10.2. The summed E-state index contributed by atoms with van der Waals surface area (Å²) in [6.45, 7) is 2.28. The second-order valence-corrected chi connectivity index (χ2v) is 5.07. The van der Waals surface area contributed by atoms with Crippen molar-refractivity contribution in [2.45, 2.75) is 19.3 Å². The van der Waals surface area contributed by atoms with Gasteiger partial charge < -0.3 is 15.3 Å². The molecular formula is C16H19N3O2. The molecule has 1 heterocycles. The van der Waals surface area contributed by atoms with Gasteiger partial charge >= 0.3 is 0 Å². The summed E-state index contributed by atoms with van der Waals surface area (Å²) in [5.41, 5.74) is 1.18. The van der Waals surface area contributed by atoms with E-state index in [4.69, 9.17) is 5.26 Å². The SMILES string of the molecule is N#C/C(=C/N1CCCC1)C(=O)NCCc1ccc(O)cc1. The summed E-state index contributed by atoms with van der Waals surface area (Å²) in [5.74, 6) is -0.105. The van der Waals surface area contributed by atoms with Crippen LogP contribution >= 0.6 is 0 Å². The van der Waals surface area contributed by atoms with Gasteiger partial charge in [-0.2, -0.15) is 5.26 Å². The highest BCUT2D eigenvalue weighted by Gasteiger charge is 2.13. The average Bonchev–Trinajstić information content (AvgIpc) is 2.99. The highest BCUT2D eigenvalue weighted by atomic mass is 16.3. The van der Waals surface area contributed by atoms with Gasteiger partial charge in [-0.15, -0.1) is 0 Å².